The zero-order valence-corrected chi connectivity index (χ0v) is 10.0. The van der Waals surface area contributed by atoms with Crippen LogP contribution in [0.15, 0.2) is 36.5 Å². The summed E-state index contributed by atoms with van der Waals surface area (Å²) < 4.78 is 26.1. The minimum absolute atomic E-state index is 0.382. The van der Waals surface area contributed by atoms with Gasteiger partial charge in [-0.2, -0.15) is 5.26 Å². The van der Waals surface area contributed by atoms with E-state index in [1.807, 2.05) is 6.07 Å². The first-order chi connectivity index (χ1) is 9.20. The summed E-state index contributed by atoms with van der Waals surface area (Å²) in [6.45, 7) is 0.411. The van der Waals surface area contributed by atoms with Gasteiger partial charge in [0.1, 0.15) is 23.5 Å². The first-order valence-corrected chi connectivity index (χ1v) is 5.73. The highest BCUT2D eigenvalue weighted by Crippen LogP contribution is 2.12. The van der Waals surface area contributed by atoms with Crippen LogP contribution in [0.1, 0.15) is 11.1 Å². The fraction of sp³-hybridized carbons (Fsp3) is 0.143. The van der Waals surface area contributed by atoms with Gasteiger partial charge in [0.15, 0.2) is 0 Å². The number of pyridine rings is 1. The van der Waals surface area contributed by atoms with Crippen LogP contribution in [-0.4, -0.2) is 11.5 Å². The van der Waals surface area contributed by atoms with Crippen molar-refractivity contribution < 1.29 is 8.78 Å². The zero-order chi connectivity index (χ0) is 13.7. The molecule has 0 amide bonds. The van der Waals surface area contributed by atoms with Crippen molar-refractivity contribution in [3.8, 4) is 6.07 Å². The second kappa shape index (κ2) is 5.91. The lowest BCUT2D eigenvalue weighted by Gasteiger charge is -2.07. The second-order valence-electron chi connectivity index (χ2n) is 3.92. The van der Waals surface area contributed by atoms with Gasteiger partial charge in [0.25, 0.3) is 0 Å². The Morgan fingerprint density at radius 1 is 1.26 bits per heavy atom. The molecule has 1 aromatic heterocycles. The molecule has 0 aliphatic heterocycles. The van der Waals surface area contributed by atoms with Crippen LogP contribution >= 0.6 is 0 Å². The van der Waals surface area contributed by atoms with Crippen molar-refractivity contribution in [2.24, 2.45) is 0 Å². The molecule has 0 unspecified atom stereocenters. The minimum Gasteiger partial charge on any atom is -0.369 e. The van der Waals surface area contributed by atoms with E-state index in [1.54, 1.807) is 18.3 Å². The van der Waals surface area contributed by atoms with Gasteiger partial charge in [-0.25, -0.2) is 13.8 Å². The molecular weight excluding hydrogens is 248 g/mol. The number of nitriles is 1. The lowest BCUT2D eigenvalue weighted by atomic mass is 10.1. The molecular formula is C14H11F2N3. The van der Waals surface area contributed by atoms with Gasteiger partial charge < -0.3 is 5.32 Å². The summed E-state index contributed by atoms with van der Waals surface area (Å²) in [5, 5.41) is 11.8. The third kappa shape index (κ3) is 3.26. The van der Waals surface area contributed by atoms with E-state index in [0.29, 0.717) is 29.9 Å². The van der Waals surface area contributed by atoms with Crippen molar-refractivity contribution in [3.63, 3.8) is 0 Å². The second-order valence-corrected chi connectivity index (χ2v) is 3.92. The third-order valence-corrected chi connectivity index (χ3v) is 2.63. The Labute approximate surface area is 109 Å². The minimum atomic E-state index is -0.592. The summed E-state index contributed by atoms with van der Waals surface area (Å²) in [4.78, 5) is 4.03. The molecule has 0 fully saturated rings. The van der Waals surface area contributed by atoms with Crippen molar-refractivity contribution in [2.75, 3.05) is 11.9 Å². The monoisotopic (exact) mass is 259 g/mol. The molecule has 1 heterocycles. The maximum atomic E-state index is 13.4. The van der Waals surface area contributed by atoms with Gasteiger partial charge in [0.05, 0.1) is 5.56 Å². The number of hydrogen-bond acceptors (Lipinski definition) is 3. The zero-order valence-electron chi connectivity index (χ0n) is 10.0. The van der Waals surface area contributed by atoms with E-state index in [9.17, 15) is 8.78 Å². The molecule has 5 heteroatoms. The Kier molecular flexibility index (Phi) is 4.04. The predicted molar refractivity (Wildman–Crippen MR) is 67.5 cm³/mol. The first-order valence-electron chi connectivity index (χ1n) is 5.73. The average Bonchev–Trinajstić information content (AvgIpc) is 2.42. The Morgan fingerprint density at radius 3 is 2.84 bits per heavy atom. The van der Waals surface area contributed by atoms with Crippen LogP contribution in [-0.2, 0) is 6.42 Å². The molecule has 2 aromatic rings. The van der Waals surface area contributed by atoms with Crippen LogP contribution < -0.4 is 5.32 Å². The molecule has 0 radical (unpaired) electrons. The molecule has 0 aliphatic rings. The lowest BCUT2D eigenvalue weighted by molar-refractivity contribution is 0.572. The Morgan fingerprint density at radius 2 is 2.11 bits per heavy atom. The SMILES string of the molecule is N#Cc1cccnc1NCCc1ccc(F)cc1F. The van der Waals surface area contributed by atoms with E-state index in [2.05, 4.69) is 10.3 Å². The Balaban J connectivity index is 1.99. The Bertz CT molecular complexity index is 620. The fourth-order valence-electron chi connectivity index (χ4n) is 1.68. The molecule has 0 aliphatic carbocycles. The summed E-state index contributed by atoms with van der Waals surface area (Å²) in [5.74, 6) is -0.693. The summed E-state index contributed by atoms with van der Waals surface area (Å²) in [6.07, 6.45) is 1.95. The van der Waals surface area contributed by atoms with Gasteiger partial charge in [0, 0.05) is 18.8 Å². The topological polar surface area (TPSA) is 48.7 Å². The number of anilines is 1. The molecule has 2 rings (SSSR count). The molecule has 0 atom stereocenters. The maximum absolute atomic E-state index is 13.4. The predicted octanol–water partition coefficient (Wildman–Crippen LogP) is 2.89. The lowest BCUT2D eigenvalue weighted by Crippen LogP contribution is -2.08. The molecule has 1 N–H and O–H groups in total. The van der Waals surface area contributed by atoms with Crippen LogP contribution in [0.3, 0.4) is 0 Å². The average molecular weight is 259 g/mol. The summed E-state index contributed by atoms with van der Waals surface area (Å²) >= 11 is 0. The van der Waals surface area contributed by atoms with Gasteiger partial charge in [-0.1, -0.05) is 6.07 Å². The van der Waals surface area contributed by atoms with Gasteiger partial charge in [0.2, 0.25) is 0 Å². The summed E-state index contributed by atoms with van der Waals surface area (Å²) in [6, 6.07) is 8.82. The maximum Gasteiger partial charge on any atom is 0.143 e. The van der Waals surface area contributed by atoms with E-state index >= 15 is 0 Å². The molecule has 3 nitrogen and oxygen atoms in total. The Hall–Kier alpha value is -2.48. The molecule has 1 aromatic carbocycles. The number of hydrogen-bond donors (Lipinski definition) is 1. The standard InChI is InChI=1S/C14H11F2N3/c15-12-4-3-10(13(16)8-12)5-7-19-14-11(9-17)2-1-6-18-14/h1-4,6,8H,5,7H2,(H,18,19). The molecule has 0 spiro atoms. The fourth-order valence-corrected chi connectivity index (χ4v) is 1.68. The number of aromatic nitrogens is 1. The van der Waals surface area contributed by atoms with E-state index in [0.717, 1.165) is 6.07 Å². The molecule has 19 heavy (non-hydrogen) atoms. The van der Waals surface area contributed by atoms with Gasteiger partial charge in [-0.3, -0.25) is 0 Å². The van der Waals surface area contributed by atoms with Gasteiger partial charge in [-0.15, -0.1) is 0 Å². The number of halogens is 2. The van der Waals surface area contributed by atoms with Crippen LogP contribution in [0.25, 0.3) is 0 Å². The summed E-state index contributed by atoms with van der Waals surface area (Å²) in [7, 11) is 0. The molecule has 0 saturated heterocycles. The summed E-state index contributed by atoms with van der Waals surface area (Å²) in [5.41, 5.74) is 0.852. The molecule has 0 bridgehead atoms. The highest BCUT2D eigenvalue weighted by Gasteiger charge is 2.05. The highest BCUT2D eigenvalue weighted by atomic mass is 19.1. The smallest absolute Gasteiger partial charge is 0.143 e. The quantitative estimate of drug-likeness (QED) is 0.918. The first kappa shape index (κ1) is 13.0. The van der Waals surface area contributed by atoms with E-state index < -0.39 is 11.6 Å². The third-order valence-electron chi connectivity index (χ3n) is 2.63. The van der Waals surface area contributed by atoms with E-state index in [4.69, 9.17) is 5.26 Å². The van der Waals surface area contributed by atoms with Crippen LogP contribution in [0.5, 0.6) is 0 Å². The number of nitrogens with one attached hydrogen (secondary N) is 1. The van der Waals surface area contributed by atoms with Crippen LogP contribution in [0.2, 0.25) is 0 Å². The largest absolute Gasteiger partial charge is 0.369 e. The number of benzene rings is 1. The highest BCUT2D eigenvalue weighted by molar-refractivity contribution is 5.51. The number of nitrogens with zero attached hydrogens (tertiary/aromatic N) is 2. The van der Waals surface area contributed by atoms with Crippen molar-refractivity contribution in [2.45, 2.75) is 6.42 Å². The van der Waals surface area contributed by atoms with Gasteiger partial charge >= 0.3 is 0 Å². The molecule has 96 valence electrons. The van der Waals surface area contributed by atoms with E-state index in [-0.39, 0.29) is 0 Å². The van der Waals surface area contributed by atoms with Crippen molar-refractivity contribution in [3.05, 3.63) is 59.3 Å². The molecule has 0 saturated carbocycles. The van der Waals surface area contributed by atoms with Gasteiger partial charge in [-0.05, 0) is 30.2 Å². The van der Waals surface area contributed by atoms with Crippen molar-refractivity contribution in [1.82, 2.24) is 4.98 Å². The van der Waals surface area contributed by atoms with Crippen LogP contribution in [0.4, 0.5) is 14.6 Å². The van der Waals surface area contributed by atoms with Crippen molar-refractivity contribution in [1.29, 1.82) is 5.26 Å². The van der Waals surface area contributed by atoms with Crippen molar-refractivity contribution >= 4 is 5.82 Å². The normalized spacial score (nSPS) is 9.95. The number of rotatable bonds is 4. The van der Waals surface area contributed by atoms with Crippen LogP contribution in [0, 0.1) is 23.0 Å². The van der Waals surface area contributed by atoms with E-state index in [1.165, 1.54) is 12.1 Å².